The van der Waals surface area contributed by atoms with E-state index in [4.69, 9.17) is 9.26 Å². The Bertz CT molecular complexity index is 639. The summed E-state index contributed by atoms with van der Waals surface area (Å²) in [7, 11) is -3.15. The normalized spacial score (nSPS) is 15.2. The van der Waals surface area contributed by atoms with Crippen LogP contribution in [0.5, 0.6) is 0 Å². The fourth-order valence-electron chi connectivity index (χ4n) is 2.96. The molecule has 1 aromatic rings. The smallest absolute Gasteiger partial charge is 0.319 e. The van der Waals surface area contributed by atoms with E-state index in [0.29, 0.717) is 13.0 Å². The first-order valence-electron chi connectivity index (χ1n) is 10.5. The second-order valence-corrected chi connectivity index (χ2v) is 12.2. The minimum Gasteiger partial charge on any atom is -0.459 e. The zero-order chi connectivity index (χ0) is 21.2. The lowest BCUT2D eigenvalue weighted by atomic mass is 10.1. The van der Waals surface area contributed by atoms with E-state index in [1.165, 1.54) is 43.6 Å². The zero-order valence-electron chi connectivity index (χ0n) is 18.5. The second-order valence-electron chi connectivity index (χ2n) is 8.32. The van der Waals surface area contributed by atoms with Crippen LogP contribution in [0.4, 0.5) is 0 Å². The van der Waals surface area contributed by atoms with E-state index in [1.54, 1.807) is 18.3 Å². The number of hydrogen-bond donors (Lipinski definition) is 0. The van der Waals surface area contributed by atoms with Crippen LogP contribution in [-0.4, -0.2) is 35.5 Å². The average molecular weight is 432 g/mol. The first-order chi connectivity index (χ1) is 13.1. The second kappa shape index (κ2) is 12.1. The van der Waals surface area contributed by atoms with E-state index in [9.17, 15) is 9.36 Å². The summed E-state index contributed by atoms with van der Waals surface area (Å²) in [6.45, 7) is 11.3. The van der Waals surface area contributed by atoms with Crippen molar-refractivity contribution >= 4 is 24.7 Å². The molecule has 0 saturated heterocycles. The quantitative estimate of drug-likeness (QED) is 0.210. The highest BCUT2D eigenvalue weighted by molar-refractivity contribution is 7.60. The standard InChI is InChI=1S/C21H38NO4PS/c1-7-9-10-11-12-13-14-17-16-22-19(28-17)15-18(27(6,24)25-8-2)20(23)26-21(3,4)5/h16,18H,7-15H2,1-6H3. The number of unbranched alkanes of at least 4 members (excludes halogenated alkanes) is 5. The van der Waals surface area contributed by atoms with Gasteiger partial charge in [0.05, 0.1) is 11.6 Å². The van der Waals surface area contributed by atoms with Crippen LogP contribution in [0.1, 0.15) is 83.0 Å². The van der Waals surface area contributed by atoms with Crippen LogP contribution in [-0.2, 0) is 31.5 Å². The van der Waals surface area contributed by atoms with Crippen LogP contribution in [0.25, 0.3) is 0 Å². The molecule has 0 N–H and O–H groups in total. The van der Waals surface area contributed by atoms with Crippen molar-refractivity contribution in [2.75, 3.05) is 13.3 Å². The molecule has 0 amide bonds. The van der Waals surface area contributed by atoms with E-state index in [0.717, 1.165) is 17.8 Å². The number of rotatable bonds is 13. The number of hydrogen-bond acceptors (Lipinski definition) is 6. The van der Waals surface area contributed by atoms with Gasteiger partial charge in [-0.05, 0) is 40.5 Å². The number of nitrogens with zero attached hydrogens (tertiary/aromatic N) is 1. The Labute approximate surface area is 175 Å². The Kier molecular flexibility index (Phi) is 10.9. The topological polar surface area (TPSA) is 65.5 Å². The fourth-order valence-corrected chi connectivity index (χ4v) is 5.73. The molecule has 28 heavy (non-hydrogen) atoms. The van der Waals surface area contributed by atoms with Gasteiger partial charge in [0.1, 0.15) is 11.3 Å². The van der Waals surface area contributed by atoms with Crippen LogP contribution >= 0.6 is 18.7 Å². The van der Waals surface area contributed by atoms with Gasteiger partial charge in [-0.25, -0.2) is 4.98 Å². The first-order valence-corrected chi connectivity index (χ1v) is 13.4. The lowest BCUT2D eigenvalue weighted by molar-refractivity contribution is -0.154. The molecule has 0 radical (unpaired) electrons. The van der Waals surface area contributed by atoms with Crippen molar-refractivity contribution in [1.82, 2.24) is 4.98 Å². The summed E-state index contributed by atoms with van der Waals surface area (Å²) >= 11 is 1.60. The lowest BCUT2D eigenvalue weighted by Crippen LogP contribution is -2.33. The van der Waals surface area contributed by atoms with Gasteiger partial charge in [0.25, 0.3) is 0 Å². The summed E-state index contributed by atoms with van der Waals surface area (Å²) in [5.41, 5.74) is -1.45. The van der Waals surface area contributed by atoms with Crippen molar-refractivity contribution in [2.45, 2.75) is 97.2 Å². The van der Waals surface area contributed by atoms with Gasteiger partial charge >= 0.3 is 5.97 Å². The predicted octanol–water partition coefficient (Wildman–Crippen LogP) is 6.24. The van der Waals surface area contributed by atoms with Crippen LogP contribution in [0.3, 0.4) is 0 Å². The molecule has 2 atom stereocenters. The van der Waals surface area contributed by atoms with Gasteiger partial charge in [0.2, 0.25) is 7.37 Å². The molecular formula is C21H38NO4PS. The highest BCUT2D eigenvalue weighted by Crippen LogP contribution is 2.50. The molecule has 162 valence electrons. The first kappa shape index (κ1) is 25.3. The Balaban J connectivity index is 2.72. The minimum atomic E-state index is -3.15. The van der Waals surface area contributed by atoms with Crippen LogP contribution in [0.2, 0.25) is 0 Å². The Hall–Kier alpha value is -0.710. The number of esters is 1. The molecule has 0 fully saturated rings. The molecule has 0 bridgehead atoms. The third-order valence-corrected chi connectivity index (χ3v) is 7.75. The number of ether oxygens (including phenoxy) is 1. The molecule has 1 aromatic heterocycles. The van der Waals surface area contributed by atoms with Crippen molar-refractivity contribution in [2.24, 2.45) is 0 Å². The zero-order valence-corrected chi connectivity index (χ0v) is 20.2. The van der Waals surface area contributed by atoms with Crippen molar-refractivity contribution in [3.05, 3.63) is 16.1 Å². The van der Waals surface area contributed by atoms with Gasteiger partial charge in [0.15, 0.2) is 0 Å². The maximum Gasteiger partial charge on any atom is 0.319 e. The van der Waals surface area contributed by atoms with Gasteiger partial charge in [-0.3, -0.25) is 9.36 Å². The van der Waals surface area contributed by atoms with E-state index < -0.39 is 24.6 Å². The molecule has 0 aliphatic heterocycles. The monoisotopic (exact) mass is 431 g/mol. The Morgan fingerprint density at radius 1 is 1.18 bits per heavy atom. The maximum atomic E-state index is 13.0. The number of aromatic nitrogens is 1. The molecule has 5 nitrogen and oxygen atoms in total. The van der Waals surface area contributed by atoms with E-state index in [2.05, 4.69) is 11.9 Å². The van der Waals surface area contributed by atoms with Gasteiger partial charge in [-0.2, -0.15) is 0 Å². The maximum absolute atomic E-state index is 13.0. The van der Waals surface area contributed by atoms with Gasteiger partial charge in [-0.15, -0.1) is 11.3 Å². The molecule has 0 spiro atoms. The number of aryl methyl sites for hydroxylation is 1. The molecule has 0 aliphatic rings. The third kappa shape index (κ3) is 9.67. The molecule has 2 unspecified atom stereocenters. The molecule has 1 heterocycles. The van der Waals surface area contributed by atoms with Gasteiger partial charge in [-0.1, -0.05) is 39.0 Å². The van der Waals surface area contributed by atoms with E-state index in [1.807, 2.05) is 27.0 Å². The Morgan fingerprint density at radius 2 is 1.82 bits per heavy atom. The molecule has 0 aliphatic carbocycles. The van der Waals surface area contributed by atoms with E-state index >= 15 is 0 Å². The number of carbonyl (C=O) groups excluding carboxylic acids is 1. The van der Waals surface area contributed by atoms with Crippen molar-refractivity contribution < 1.29 is 18.6 Å². The highest BCUT2D eigenvalue weighted by atomic mass is 32.1. The Morgan fingerprint density at radius 3 is 2.43 bits per heavy atom. The molecular weight excluding hydrogens is 393 g/mol. The SMILES string of the molecule is CCCCCCCCc1cnc(CC(C(=O)OC(C)(C)C)P(C)(=O)OCC)s1. The number of thiazole rings is 1. The lowest BCUT2D eigenvalue weighted by Gasteiger charge is -2.26. The molecule has 7 heteroatoms. The highest BCUT2D eigenvalue weighted by Gasteiger charge is 2.39. The molecule has 0 aromatic carbocycles. The predicted molar refractivity (Wildman–Crippen MR) is 118 cm³/mol. The number of carbonyl (C=O) groups is 1. The summed E-state index contributed by atoms with van der Waals surface area (Å²) in [4.78, 5) is 18.4. The largest absolute Gasteiger partial charge is 0.459 e. The summed E-state index contributed by atoms with van der Waals surface area (Å²) in [6, 6.07) is 0. The average Bonchev–Trinajstić information content (AvgIpc) is 3.01. The van der Waals surface area contributed by atoms with Gasteiger partial charge in [0, 0.05) is 24.2 Å². The third-order valence-electron chi connectivity index (χ3n) is 4.38. The molecule has 1 rings (SSSR count). The van der Waals surface area contributed by atoms with Crippen molar-refractivity contribution in [3.63, 3.8) is 0 Å². The summed E-state index contributed by atoms with van der Waals surface area (Å²) in [5, 5.41) is 0.818. The van der Waals surface area contributed by atoms with Gasteiger partial charge < -0.3 is 9.26 Å². The van der Waals surface area contributed by atoms with Crippen molar-refractivity contribution in [1.29, 1.82) is 0 Å². The summed E-state index contributed by atoms with van der Waals surface area (Å²) in [5.74, 6) is -0.473. The van der Waals surface area contributed by atoms with E-state index in [-0.39, 0.29) is 0 Å². The van der Waals surface area contributed by atoms with Crippen LogP contribution in [0.15, 0.2) is 6.20 Å². The van der Waals surface area contributed by atoms with Crippen molar-refractivity contribution in [3.8, 4) is 0 Å². The molecule has 0 saturated carbocycles. The summed E-state index contributed by atoms with van der Waals surface area (Å²) in [6.07, 6.45) is 10.8. The summed E-state index contributed by atoms with van der Waals surface area (Å²) < 4.78 is 24.0. The minimum absolute atomic E-state index is 0.295. The van der Waals surface area contributed by atoms with Crippen LogP contribution < -0.4 is 0 Å². The fraction of sp³-hybridized carbons (Fsp3) is 0.810. The van der Waals surface area contributed by atoms with Crippen LogP contribution in [0, 0.1) is 0 Å².